The molecule has 7 nitrogen and oxygen atoms in total. The van der Waals surface area contributed by atoms with E-state index >= 15 is 0 Å². The predicted octanol–water partition coefficient (Wildman–Crippen LogP) is 3.82. The zero-order valence-electron chi connectivity index (χ0n) is 17.3. The number of rotatable bonds is 5. The summed E-state index contributed by atoms with van der Waals surface area (Å²) in [6.07, 6.45) is -2.27. The minimum Gasteiger partial charge on any atom is -0.421 e. The lowest BCUT2D eigenvalue weighted by atomic mass is 10.2. The molecule has 168 valence electrons. The van der Waals surface area contributed by atoms with Crippen molar-refractivity contribution in [3.05, 3.63) is 60.1 Å². The smallest absolute Gasteiger partial charge is 0.417 e. The number of pyridine rings is 1. The molecule has 0 atom stereocenters. The Kier molecular flexibility index (Phi) is 6.38. The number of aryl methyl sites for hydroxylation is 1. The fraction of sp³-hybridized carbons (Fsp3) is 0.364. The highest BCUT2D eigenvalue weighted by Gasteiger charge is 2.31. The summed E-state index contributed by atoms with van der Waals surface area (Å²) in [6.45, 7) is 2.17. The third-order valence-corrected chi connectivity index (χ3v) is 5.29. The summed E-state index contributed by atoms with van der Waals surface area (Å²) >= 11 is 0. The lowest BCUT2D eigenvalue weighted by molar-refractivity contribution is -0.137. The van der Waals surface area contributed by atoms with Crippen LogP contribution in [0.5, 0.6) is 0 Å². The van der Waals surface area contributed by atoms with Gasteiger partial charge >= 0.3 is 6.18 Å². The van der Waals surface area contributed by atoms with Crippen LogP contribution in [0.2, 0.25) is 0 Å². The molecule has 4 rings (SSSR count). The molecule has 0 unspecified atom stereocenters. The lowest BCUT2D eigenvalue weighted by Crippen LogP contribution is -2.35. The van der Waals surface area contributed by atoms with E-state index in [0.717, 1.165) is 17.8 Å². The summed E-state index contributed by atoms with van der Waals surface area (Å²) in [5.74, 6) is 1.28. The molecule has 0 saturated carbocycles. The fourth-order valence-electron chi connectivity index (χ4n) is 3.56. The number of hydrogen-bond acceptors (Lipinski definition) is 6. The molecule has 0 spiro atoms. The normalized spacial score (nSPS) is 15.0. The molecular weight excluding hydrogens is 423 g/mol. The van der Waals surface area contributed by atoms with Crippen LogP contribution in [0.4, 0.5) is 19.0 Å². The van der Waals surface area contributed by atoms with Gasteiger partial charge in [-0.1, -0.05) is 18.2 Å². The molecule has 0 aliphatic carbocycles. The summed E-state index contributed by atoms with van der Waals surface area (Å²) in [5, 5.41) is 8.05. The molecule has 1 saturated heterocycles. The van der Waals surface area contributed by atoms with Crippen molar-refractivity contribution in [2.75, 3.05) is 31.1 Å². The van der Waals surface area contributed by atoms with Crippen molar-refractivity contribution in [2.24, 2.45) is 0 Å². The van der Waals surface area contributed by atoms with E-state index in [2.05, 4.69) is 15.2 Å². The van der Waals surface area contributed by atoms with E-state index in [9.17, 15) is 18.0 Å². The number of benzene rings is 1. The van der Waals surface area contributed by atoms with Crippen LogP contribution in [0.15, 0.2) is 53.1 Å². The van der Waals surface area contributed by atoms with Gasteiger partial charge in [-0.05, 0) is 30.7 Å². The topological polar surface area (TPSA) is 75.4 Å². The van der Waals surface area contributed by atoms with Crippen LogP contribution in [0.3, 0.4) is 0 Å². The predicted molar refractivity (Wildman–Crippen MR) is 111 cm³/mol. The van der Waals surface area contributed by atoms with Gasteiger partial charge in [-0.2, -0.15) is 13.2 Å². The van der Waals surface area contributed by atoms with Crippen molar-refractivity contribution in [3.63, 3.8) is 0 Å². The summed E-state index contributed by atoms with van der Waals surface area (Å²) in [7, 11) is 0. The van der Waals surface area contributed by atoms with Crippen molar-refractivity contribution in [2.45, 2.75) is 25.4 Å². The molecule has 0 radical (unpaired) electrons. The summed E-state index contributed by atoms with van der Waals surface area (Å²) in [5.41, 5.74) is 0.0476. The highest BCUT2D eigenvalue weighted by Crippen LogP contribution is 2.29. The summed E-state index contributed by atoms with van der Waals surface area (Å²) in [6, 6.07) is 11.8. The Hall–Kier alpha value is -3.43. The van der Waals surface area contributed by atoms with Gasteiger partial charge < -0.3 is 14.2 Å². The van der Waals surface area contributed by atoms with Gasteiger partial charge in [0.1, 0.15) is 5.82 Å². The van der Waals surface area contributed by atoms with Crippen molar-refractivity contribution in [1.29, 1.82) is 0 Å². The van der Waals surface area contributed by atoms with Crippen molar-refractivity contribution < 1.29 is 22.4 Å². The monoisotopic (exact) mass is 445 g/mol. The Labute approximate surface area is 182 Å². The second-order valence-corrected chi connectivity index (χ2v) is 7.49. The first-order valence-corrected chi connectivity index (χ1v) is 10.3. The molecule has 0 bridgehead atoms. The van der Waals surface area contributed by atoms with Crippen molar-refractivity contribution >= 4 is 11.7 Å². The van der Waals surface area contributed by atoms with E-state index in [1.807, 2.05) is 35.2 Å². The molecular formula is C22H22F3N5O2. The summed E-state index contributed by atoms with van der Waals surface area (Å²) in [4.78, 5) is 20.3. The average molecular weight is 445 g/mol. The molecule has 2 aromatic heterocycles. The van der Waals surface area contributed by atoms with Gasteiger partial charge in [0.15, 0.2) is 0 Å². The van der Waals surface area contributed by atoms with E-state index in [-0.39, 0.29) is 12.3 Å². The minimum atomic E-state index is -4.41. The first-order chi connectivity index (χ1) is 15.4. The van der Waals surface area contributed by atoms with Crippen LogP contribution in [0.25, 0.3) is 11.5 Å². The Morgan fingerprint density at radius 2 is 1.81 bits per heavy atom. The van der Waals surface area contributed by atoms with E-state index in [1.165, 1.54) is 6.07 Å². The molecule has 32 heavy (non-hydrogen) atoms. The number of aromatic nitrogens is 3. The Bertz CT molecular complexity index is 1040. The quantitative estimate of drug-likeness (QED) is 0.594. The first kappa shape index (κ1) is 21.8. The first-order valence-electron chi connectivity index (χ1n) is 10.3. The molecule has 1 aliphatic rings. The highest BCUT2D eigenvalue weighted by atomic mass is 19.4. The standard InChI is InChI=1S/C22H22F3N5O2/c23-22(24,25)17-7-8-18(26-15-17)29-11-4-12-30(14-13-29)20(31)10-9-19-27-28-21(32-19)16-5-2-1-3-6-16/h1-3,5-8,15H,4,9-14H2. The molecule has 1 aliphatic heterocycles. The molecule has 0 N–H and O–H groups in total. The van der Waals surface area contributed by atoms with Gasteiger partial charge in [-0.25, -0.2) is 4.98 Å². The third-order valence-electron chi connectivity index (χ3n) is 5.29. The average Bonchev–Trinajstić information content (AvgIpc) is 3.13. The maximum absolute atomic E-state index is 12.7. The number of amides is 1. The van der Waals surface area contributed by atoms with E-state index < -0.39 is 11.7 Å². The molecule has 10 heteroatoms. The third kappa shape index (κ3) is 5.24. The van der Waals surface area contributed by atoms with E-state index in [4.69, 9.17) is 4.42 Å². The second kappa shape index (κ2) is 9.37. The number of nitrogens with zero attached hydrogens (tertiary/aromatic N) is 5. The minimum absolute atomic E-state index is 0.0216. The SMILES string of the molecule is O=C(CCc1nnc(-c2ccccc2)o1)N1CCCN(c2ccc(C(F)(F)F)cn2)CC1. The van der Waals surface area contributed by atoms with Crippen LogP contribution in [0, 0.1) is 0 Å². The van der Waals surface area contributed by atoms with Crippen LogP contribution >= 0.6 is 0 Å². The molecule has 3 heterocycles. The zero-order valence-corrected chi connectivity index (χ0v) is 17.3. The van der Waals surface area contributed by atoms with Crippen LogP contribution in [-0.4, -0.2) is 52.2 Å². The lowest BCUT2D eigenvalue weighted by Gasteiger charge is -2.23. The Morgan fingerprint density at radius 3 is 2.53 bits per heavy atom. The van der Waals surface area contributed by atoms with E-state index in [0.29, 0.717) is 56.6 Å². The highest BCUT2D eigenvalue weighted by molar-refractivity contribution is 5.76. The fourth-order valence-corrected chi connectivity index (χ4v) is 3.56. The van der Waals surface area contributed by atoms with Crippen LogP contribution in [0.1, 0.15) is 24.3 Å². The van der Waals surface area contributed by atoms with Crippen molar-refractivity contribution in [3.8, 4) is 11.5 Å². The largest absolute Gasteiger partial charge is 0.421 e. The van der Waals surface area contributed by atoms with Gasteiger partial charge in [-0.3, -0.25) is 4.79 Å². The number of carbonyl (C=O) groups excluding carboxylic acids is 1. The number of carbonyl (C=O) groups is 1. The van der Waals surface area contributed by atoms with Gasteiger partial charge in [0.25, 0.3) is 0 Å². The van der Waals surface area contributed by atoms with Gasteiger partial charge in [0.2, 0.25) is 17.7 Å². The maximum atomic E-state index is 12.7. The molecule has 1 aromatic carbocycles. The van der Waals surface area contributed by atoms with Gasteiger partial charge in [-0.15, -0.1) is 10.2 Å². The molecule has 3 aromatic rings. The summed E-state index contributed by atoms with van der Waals surface area (Å²) < 4.78 is 43.9. The van der Waals surface area contributed by atoms with Gasteiger partial charge in [0, 0.05) is 50.8 Å². The van der Waals surface area contributed by atoms with Gasteiger partial charge in [0.05, 0.1) is 5.56 Å². The van der Waals surface area contributed by atoms with E-state index in [1.54, 1.807) is 4.90 Å². The number of halogens is 3. The number of anilines is 1. The zero-order chi connectivity index (χ0) is 22.6. The van der Waals surface area contributed by atoms with Crippen LogP contribution in [-0.2, 0) is 17.4 Å². The number of hydrogen-bond donors (Lipinski definition) is 0. The number of alkyl halides is 3. The van der Waals surface area contributed by atoms with Crippen LogP contribution < -0.4 is 4.90 Å². The second-order valence-electron chi connectivity index (χ2n) is 7.49. The molecule has 1 amide bonds. The molecule has 1 fully saturated rings. The van der Waals surface area contributed by atoms with Crippen molar-refractivity contribution in [1.82, 2.24) is 20.1 Å². The maximum Gasteiger partial charge on any atom is 0.417 e. The Balaban J connectivity index is 1.30. The Morgan fingerprint density at radius 1 is 1.00 bits per heavy atom.